The first kappa shape index (κ1) is 18.9. The predicted octanol–water partition coefficient (Wildman–Crippen LogP) is 0.814. The van der Waals surface area contributed by atoms with E-state index >= 15 is 0 Å². The van der Waals surface area contributed by atoms with Crippen molar-refractivity contribution >= 4 is 11.8 Å². The molecule has 0 aliphatic heterocycles. The van der Waals surface area contributed by atoms with E-state index in [9.17, 15) is 9.59 Å². The summed E-state index contributed by atoms with van der Waals surface area (Å²) in [5, 5.41) is 8.76. The maximum atomic E-state index is 12.0. The Bertz CT molecular complexity index is 331. The standard InChI is InChI=1S/C16H31N3O3/c1-13(16(21)18-9-8-17-10-11-22-2)19-15(20)12-14-6-4-3-5-7-14/h13-14,17H,3-12H2,1-2H3,(H,18,21)(H,19,20). The number of methoxy groups -OCH3 is 1. The van der Waals surface area contributed by atoms with Gasteiger partial charge < -0.3 is 20.7 Å². The van der Waals surface area contributed by atoms with Gasteiger partial charge in [-0.05, 0) is 25.7 Å². The van der Waals surface area contributed by atoms with Crippen molar-refractivity contribution in [1.82, 2.24) is 16.0 Å². The molecule has 3 N–H and O–H groups in total. The first-order valence-electron chi connectivity index (χ1n) is 8.40. The minimum absolute atomic E-state index is 0.00669. The second kappa shape index (κ2) is 11.4. The van der Waals surface area contributed by atoms with E-state index in [1.54, 1.807) is 14.0 Å². The second-order valence-electron chi connectivity index (χ2n) is 6.03. The third-order valence-corrected chi connectivity index (χ3v) is 4.05. The lowest BCUT2D eigenvalue weighted by Crippen LogP contribution is -2.46. The van der Waals surface area contributed by atoms with Gasteiger partial charge in [0.05, 0.1) is 6.61 Å². The third kappa shape index (κ3) is 8.34. The summed E-state index contributed by atoms with van der Waals surface area (Å²) < 4.78 is 4.92. The number of hydrogen-bond donors (Lipinski definition) is 3. The molecule has 0 radical (unpaired) electrons. The highest BCUT2D eigenvalue weighted by Gasteiger charge is 2.20. The van der Waals surface area contributed by atoms with Gasteiger partial charge in [-0.3, -0.25) is 9.59 Å². The molecule has 22 heavy (non-hydrogen) atoms. The van der Waals surface area contributed by atoms with Crippen LogP contribution >= 0.6 is 0 Å². The number of hydrogen-bond acceptors (Lipinski definition) is 4. The van der Waals surface area contributed by atoms with Crippen LogP contribution in [0.4, 0.5) is 0 Å². The summed E-state index contributed by atoms with van der Waals surface area (Å²) in [4.78, 5) is 23.8. The Morgan fingerprint density at radius 2 is 1.86 bits per heavy atom. The van der Waals surface area contributed by atoms with E-state index in [1.165, 1.54) is 19.3 Å². The predicted molar refractivity (Wildman–Crippen MR) is 86.6 cm³/mol. The molecule has 0 aromatic heterocycles. The Morgan fingerprint density at radius 3 is 2.55 bits per heavy atom. The van der Waals surface area contributed by atoms with Gasteiger partial charge in [0, 0.05) is 33.2 Å². The highest BCUT2D eigenvalue weighted by molar-refractivity contribution is 5.87. The number of rotatable bonds is 10. The smallest absolute Gasteiger partial charge is 0.242 e. The lowest BCUT2D eigenvalue weighted by molar-refractivity contribution is -0.129. The fourth-order valence-corrected chi connectivity index (χ4v) is 2.75. The van der Waals surface area contributed by atoms with Crippen LogP contribution in [0.5, 0.6) is 0 Å². The molecule has 0 spiro atoms. The van der Waals surface area contributed by atoms with E-state index in [0.29, 0.717) is 32.0 Å². The summed E-state index contributed by atoms with van der Waals surface area (Å²) in [5.74, 6) is 0.354. The molecule has 0 aromatic carbocycles. The lowest BCUT2D eigenvalue weighted by atomic mass is 9.87. The zero-order chi connectivity index (χ0) is 16.2. The average molecular weight is 313 g/mol. The second-order valence-corrected chi connectivity index (χ2v) is 6.03. The molecule has 1 aliphatic rings. The van der Waals surface area contributed by atoms with Crippen molar-refractivity contribution in [3.05, 3.63) is 0 Å². The van der Waals surface area contributed by atoms with Crippen LogP contribution in [-0.4, -0.2) is 51.2 Å². The first-order valence-corrected chi connectivity index (χ1v) is 8.40. The Hall–Kier alpha value is -1.14. The summed E-state index contributed by atoms with van der Waals surface area (Å²) in [6.45, 7) is 4.39. The molecule has 2 amide bonds. The molecule has 1 saturated carbocycles. The molecule has 128 valence electrons. The largest absolute Gasteiger partial charge is 0.383 e. The fraction of sp³-hybridized carbons (Fsp3) is 0.875. The molecule has 1 rings (SSSR count). The van der Waals surface area contributed by atoms with Crippen LogP contribution in [0.3, 0.4) is 0 Å². The Balaban J connectivity index is 2.10. The van der Waals surface area contributed by atoms with Crippen molar-refractivity contribution in [2.45, 2.75) is 51.5 Å². The molecule has 0 heterocycles. The molecular weight excluding hydrogens is 282 g/mol. The summed E-state index contributed by atoms with van der Waals surface area (Å²) in [6, 6.07) is -0.477. The molecule has 0 aromatic rings. The number of nitrogens with one attached hydrogen (secondary N) is 3. The minimum atomic E-state index is -0.477. The van der Waals surface area contributed by atoms with Crippen LogP contribution in [0.15, 0.2) is 0 Å². The first-order chi connectivity index (χ1) is 10.6. The van der Waals surface area contributed by atoms with Gasteiger partial charge in [0.1, 0.15) is 6.04 Å². The maximum absolute atomic E-state index is 12.0. The highest BCUT2D eigenvalue weighted by Crippen LogP contribution is 2.26. The minimum Gasteiger partial charge on any atom is -0.383 e. The molecule has 6 heteroatoms. The van der Waals surface area contributed by atoms with Crippen LogP contribution in [0.1, 0.15) is 45.4 Å². The molecule has 1 atom stereocenters. The van der Waals surface area contributed by atoms with Gasteiger partial charge in [-0.2, -0.15) is 0 Å². The molecule has 1 fully saturated rings. The highest BCUT2D eigenvalue weighted by atomic mass is 16.5. The molecule has 1 unspecified atom stereocenters. The number of amides is 2. The topological polar surface area (TPSA) is 79.5 Å². The van der Waals surface area contributed by atoms with Crippen molar-refractivity contribution < 1.29 is 14.3 Å². The molecule has 0 bridgehead atoms. The third-order valence-electron chi connectivity index (χ3n) is 4.05. The van der Waals surface area contributed by atoms with E-state index in [-0.39, 0.29) is 11.8 Å². The van der Waals surface area contributed by atoms with Crippen molar-refractivity contribution in [2.75, 3.05) is 33.4 Å². The van der Waals surface area contributed by atoms with E-state index in [4.69, 9.17) is 4.74 Å². The van der Waals surface area contributed by atoms with E-state index in [1.807, 2.05) is 0 Å². The van der Waals surface area contributed by atoms with Crippen molar-refractivity contribution in [3.8, 4) is 0 Å². The van der Waals surface area contributed by atoms with Gasteiger partial charge in [0.25, 0.3) is 0 Å². The van der Waals surface area contributed by atoms with Crippen LogP contribution in [0.2, 0.25) is 0 Å². The molecule has 0 saturated heterocycles. The average Bonchev–Trinajstić information content (AvgIpc) is 2.51. The summed E-state index contributed by atoms with van der Waals surface area (Å²) >= 11 is 0. The van der Waals surface area contributed by atoms with Crippen molar-refractivity contribution in [3.63, 3.8) is 0 Å². The van der Waals surface area contributed by atoms with Gasteiger partial charge in [0.2, 0.25) is 11.8 Å². The molecule has 6 nitrogen and oxygen atoms in total. The van der Waals surface area contributed by atoms with Gasteiger partial charge in [0.15, 0.2) is 0 Å². The SMILES string of the molecule is COCCNCCNC(=O)C(C)NC(=O)CC1CCCCC1. The Morgan fingerprint density at radius 1 is 1.14 bits per heavy atom. The maximum Gasteiger partial charge on any atom is 0.242 e. The van der Waals surface area contributed by atoms with Gasteiger partial charge in [-0.25, -0.2) is 0 Å². The zero-order valence-corrected chi connectivity index (χ0v) is 14.0. The lowest BCUT2D eigenvalue weighted by Gasteiger charge is -2.22. The van der Waals surface area contributed by atoms with Gasteiger partial charge in [-0.15, -0.1) is 0 Å². The summed E-state index contributed by atoms with van der Waals surface area (Å²) in [5.41, 5.74) is 0. The van der Waals surface area contributed by atoms with E-state index in [0.717, 1.165) is 19.4 Å². The molecule has 1 aliphatic carbocycles. The van der Waals surface area contributed by atoms with Crippen LogP contribution in [0, 0.1) is 5.92 Å². The summed E-state index contributed by atoms with van der Waals surface area (Å²) in [6.07, 6.45) is 6.57. The van der Waals surface area contributed by atoms with E-state index < -0.39 is 6.04 Å². The van der Waals surface area contributed by atoms with Crippen LogP contribution in [-0.2, 0) is 14.3 Å². The van der Waals surface area contributed by atoms with E-state index in [2.05, 4.69) is 16.0 Å². The van der Waals surface area contributed by atoms with Crippen molar-refractivity contribution in [2.24, 2.45) is 5.92 Å². The fourth-order valence-electron chi connectivity index (χ4n) is 2.75. The molecular formula is C16H31N3O3. The van der Waals surface area contributed by atoms with Crippen molar-refractivity contribution in [1.29, 1.82) is 0 Å². The van der Waals surface area contributed by atoms with Gasteiger partial charge >= 0.3 is 0 Å². The number of carbonyl (C=O) groups is 2. The number of carbonyl (C=O) groups excluding carboxylic acids is 2. The Labute approximate surface area is 133 Å². The monoisotopic (exact) mass is 313 g/mol. The number of ether oxygens (including phenoxy) is 1. The normalized spacial score (nSPS) is 17.0. The van der Waals surface area contributed by atoms with Crippen LogP contribution < -0.4 is 16.0 Å². The zero-order valence-electron chi connectivity index (χ0n) is 14.0. The summed E-state index contributed by atoms with van der Waals surface area (Å²) in [7, 11) is 1.65. The van der Waals surface area contributed by atoms with Gasteiger partial charge in [-0.1, -0.05) is 19.3 Å². The Kier molecular flexibility index (Phi) is 9.82. The quantitative estimate of drug-likeness (QED) is 0.522. The van der Waals surface area contributed by atoms with Crippen LogP contribution in [0.25, 0.3) is 0 Å².